The van der Waals surface area contributed by atoms with E-state index in [2.05, 4.69) is 54.2 Å². The second-order valence-electron chi connectivity index (χ2n) is 8.46. The average Bonchev–Trinajstić information content (AvgIpc) is 2.70. The maximum absolute atomic E-state index is 12.1. The summed E-state index contributed by atoms with van der Waals surface area (Å²) in [5.74, 6) is 0.0359. The van der Waals surface area contributed by atoms with Crippen LogP contribution in [0.25, 0.3) is 0 Å². The first-order valence-corrected chi connectivity index (χ1v) is 11.8. The summed E-state index contributed by atoms with van der Waals surface area (Å²) >= 11 is 0. The first kappa shape index (κ1) is 28.8. The predicted octanol–water partition coefficient (Wildman–Crippen LogP) is 4.36. The molecule has 0 bridgehead atoms. The van der Waals surface area contributed by atoms with Crippen LogP contribution in [0.5, 0.6) is 0 Å². The molecule has 0 aliphatic heterocycles. The van der Waals surface area contributed by atoms with E-state index in [-0.39, 0.29) is 11.9 Å². The molecule has 0 fully saturated rings. The predicted molar refractivity (Wildman–Crippen MR) is 129 cm³/mol. The summed E-state index contributed by atoms with van der Waals surface area (Å²) in [5, 5.41) is 12.8. The zero-order valence-electron chi connectivity index (χ0n) is 20.8. The van der Waals surface area contributed by atoms with Crippen LogP contribution in [0.2, 0.25) is 0 Å². The monoisotopic (exact) mass is 438 g/mol. The second kappa shape index (κ2) is 16.5. The van der Waals surface area contributed by atoms with Crippen molar-refractivity contribution in [3.63, 3.8) is 0 Å². The van der Waals surface area contributed by atoms with Gasteiger partial charge in [0, 0.05) is 37.4 Å². The number of alkyl carbamates (subject to hydrolysis) is 1. The number of carbonyl (C=O) groups is 2. The lowest BCUT2D eigenvalue weighted by molar-refractivity contribution is -0.121. The molecule has 0 radical (unpaired) electrons. The molecule has 180 valence electrons. The number of nitrogens with one attached hydrogen (secondary N) is 4. The fourth-order valence-corrected chi connectivity index (χ4v) is 2.99. The van der Waals surface area contributed by atoms with Crippen LogP contribution in [-0.4, -0.2) is 43.3 Å². The molecule has 7 nitrogen and oxygen atoms in total. The highest BCUT2D eigenvalue weighted by Crippen LogP contribution is 2.09. The Hall–Kier alpha value is -2.18. The summed E-state index contributed by atoms with van der Waals surface area (Å²) in [6.07, 6.45) is 9.00. The molecule has 31 heavy (non-hydrogen) atoms. The van der Waals surface area contributed by atoms with E-state index >= 15 is 0 Å². The summed E-state index contributed by atoms with van der Waals surface area (Å²) in [5.41, 5.74) is 1.75. The van der Waals surface area contributed by atoms with Crippen LogP contribution in [0.1, 0.15) is 87.0 Å². The summed E-state index contributed by atoms with van der Waals surface area (Å²) < 4.78 is 5.26. The van der Waals surface area contributed by atoms with Gasteiger partial charge in [0.1, 0.15) is 5.60 Å². The Morgan fingerprint density at radius 3 is 2.06 bits per heavy atom. The van der Waals surface area contributed by atoms with Crippen LogP contribution in [-0.2, 0) is 9.53 Å². The van der Waals surface area contributed by atoms with E-state index in [9.17, 15) is 9.59 Å². The molecular formula is C24H46N4O3. The molecule has 0 aromatic rings. The number of hydrogen-bond acceptors (Lipinski definition) is 5. The number of amides is 2. The minimum Gasteiger partial charge on any atom is -0.444 e. The molecule has 0 aliphatic carbocycles. The van der Waals surface area contributed by atoms with Gasteiger partial charge in [-0.2, -0.15) is 0 Å². The summed E-state index contributed by atoms with van der Waals surface area (Å²) in [6.45, 7) is 15.6. The van der Waals surface area contributed by atoms with Crippen molar-refractivity contribution >= 4 is 12.0 Å². The lowest BCUT2D eigenvalue weighted by Crippen LogP contribution is -2.42. The smallest absolute Gasteiger partial charge is 0.407 e. The molecule has 1 atom stereocenters. The van der Waals surface area contributed by atoms with Gasteiger partial charge in [-0.3, -0.25) is 4.79 Å². The molecule has 7 heteroatoms. The van der Waals surface area contributed by atoms with Gasteiger partial charge in [-0.1, -0.05) is 39.8 Å². The fraction of sp³-hybridized carbons (Fsp3) is 0.750. The van der Waals surface area contributed by atoms with Gasteiger partial charge in [0.05, 0.1) is 6.04 Å². The molecule has 0 rings (SSSR count). The van der Waals surface area contributed by atoms with Crippen molar-refractivity contribution in [2.24, 2.45) is 0 Å². The van der Waals surface area contributed by atoms with E-state index in [1.165, 1.54) is 5.70 Å². The molecule has 0 aliphatic rings. The maximum atomic E-state index is 12.1. The van der Waals surface area contributed by atoms with Gasteiger partial charge >= 0.3 is 6.09 Å². The van der Waals surface area contributed by atoms with Crippen LogP contribution >= 0.6 is 0 Å². The molecule has 2 amide bonds. The van der Waals surface area contributed by atoms with Crippen LogP contribution in [0.15, 0.2) is 23.5 Å². The Morgan fingerprint density at radius 2 is 1.52 bits per heavy atom. The molecule has 0 aromatic carbocycles. The van der Waals surface area contributed by atoms with E-state index < -0.39 is 11.7 Å². The van der Waals surface area contributed by atoms with Gasteiger partial charge in [-0.05, 0) is 52.9 Å². The SMILES string of the molecule is CC/C=C(\CC)NCCCC(NC(=O)CC)/C(=C\CC)NCCNC(=O)OC(C)(C)C. The number of ether oxygens (including phenoxy) is 1. The van der Waals surface area contributed by atoms with Gasteiger partial charge < -0.3 is 26.0 Å². The van der Waals surface area contributed by atoms with Crippen molar-refractivity contribution in [1.82, 2.24) is 21.3 Å². The van der Waals surface area contributed by atoms with E-state index in [1.807, 2.05) is 27.7 Å². The minimum atomic E-state index is -0.516. The van der Waals surface area contributed by atoms with Crippen molar-refractivity contribution in [2.45, 2.75) is 98.6 Å². The Labute approximate surface area is 189 Å². The minimum absolute atomic E-state index is 0.0359. The standard InChI is InChI=1S/C24H46N4O3/c1-8-13-19(10-3)25-16-12-15-21(28-22(29)11-4)20(14-9-2)26-17-18-27-23(30)31-24(5,6)7/h13-14,21,25-26H,8-12,15-18H2,1-7H3,(H,27,30)(H,28,29)/b19-13+,20-14+. The summed E-state index contributed by atoms with van der Waals surface area (Å²) in [4.78, 5) is 23.9. The normalized spacial score (nSPS) is 13.4. The topological polar surface area (TPSA) is 91.5 Å². The molecule has 1 unspecified atom stereocenters. The van der Waals surface area contributed by atoms with Gasteiger partial charge in [-0.15, -0.1) is 0 Å². The number of rotatable bonds is 15. The van der Waals surface area contributed by atoms with Crippen molar-refractivity contribution in [1.29, 1.82) is 0 Å². The van der Waals surface area contributed by atoms with Crippen LogP contribution in [0.3, 0.4) is 0 Å². The Kier molecular flexibility index (Phi) is 15.3. The van der Waals surface area contributed by atoms with E-state index in [0.717, 1.165) is 44.3 Å². The molecule has 0 spiro atoms. The fourth-order valence-electron chi connectivity index (χ4n) is 2.99. The van der Waals surface area contributed by atoms with Gasteiger partial charge in [0.15, 0.2) is 0 Å². The van der Waals surface area contributed by atoms with Crippen LogP contribution in [0.4, 0.5) is 4.79 Å². The highest BCUT2D eigenvalue weighted by Gasteiger charge is 2.17. The lowest BCUT2D eigenvalue weighted by atomic mass is 10.1. The van der Waals surface area contributed by atoms with E-state index in [0.29, 0.717) is 19.5 Å². The third-order valence-corrected chi connectivity index (χ3v) is 4.43. The Bertz CT molecular complexity index is 580. The average molecular weight is 439 g/mol. The quantitative estimate of drug-likeness (QED) is 0.285. The molecule has 0 aromatic heterocycles. The van der Waals surface area contributed by atoms with Crippen molar-refractivity contribution in [3.8, 4) is 0 Å². The summed E-state index contributed by atoms with van der Waals surface area (Å²) in [7, 11) is 0. The van der Waals surface area contributed by atoms with Gasteiger partial charge in [0.2, 0.25) is 5.91 Å². The number of allylic oxidation sites excluding steroid dienone is 3. The first-order valence-electron chi connectivity index (χ1n) is 11.8. The van der Waals surface area contributed by atoms with E-state index in [4.69, 9.17) is 4.74 Å². The third-order valence-electron chi connectivity index (χ3n) is 4.43. The molecule has 4 N–H and O–H groups in total. The van der Waals surface area contributed by atoms with Gasteiger partial charge in [0.25, 0.3) is 0 Å². The number of hydrogen-bond donors (Lipinski definition) is 4. The highest BCUT2D eigenvalue weighted by molar-refractivity contribution is 5.76. The first-order chi connectivity index (χ1) is 14.7. The molecule has 0 saturated carbocycles. The Morgan fingerprint density at radius 1 is 0.871 bits per heavy atom. The lowest BCUT2D eigenvalue weighted by Gasteiger charge is -2.24. The van der Waals surface area contributed by atoms with Gasteiger partial charge in [-0.25, -0.2) is 4.79 Å². The van der Waals surface area contributed by atoms with Crippen molar-refractivity contribution < 1.29 is 14.3 Å². The maximum Gasteiger partial charge on any atom is 0.407 e. The highest BCUT2D eigenvalue weighted by atomic mass is 16.6. The zero-order valence-corrected chi connectivity index (χ0v) is 20.8. The largest absolute Gasteiger partial charge is 0.444 e. The van der Waals surface area contributed by atoms with E-state index in [1.54, 1.807) is 0 Å². The number of carbonyl (C=O) groups excluding carboxylic acids is 2. The van der Waals surface area contributed by atoms with Crippen LogP contribution < -0.4 is 21.3 Å². The van der Waals surface area contributed by atoms with Crippen molar-refractivity contribution in [3.05, 3.63) is 23.5 Å². The van der Waals surface area contributed by atoms with Crippen LogP contribution in [0, 0.1) is 0 Å². The molecule has 0 saturated heterocycles. The molecule has 0 heterocycles. The van der Waals surface area contributed by atoms with Crippen molar-refractivity contribution in [2.75, 3.05) is 19.6 Å². The third kappa shape index (κ3) is 15.3. The Balaban J connectivity index is 4.79. The summed E-state index contributed by atoms with van der Waals surface area (Å²) in [6, 6.07) is -0.0732. The molecular weight excluding hydrogens is 392 g/mol. The second-order valence-corrected chi connectivity index (χ2v) is 8.46. The zero-order chi connectivity index (χ0) is 23.7.